The minimum atomic E-state index is 0.140. The molecule has 0 saturated carbocycles. The number of aromatic nitrogens is 1. The van der Waals surface area contributed by atoms with Gasteiger partial charge in [-0.2, -0.15) is 0 Å². The van der Waals surface area contributed by atoms with Gasteiger partial charge in [0.25, 0.3) is 0 Å². The van der Waals surface area contributed by atoms with Crippen molar-refractivity contribution in [1.82, 2.24) is 10.3 Å². The van der Waals surface area contributed by atoms with E-state index >= 15 is 0 Å². The van der Waals surface area contributed by atoms with E-state index in [0.717, 1.165) is 5.56 Å². The zero-order valence-corrected chi connectivity index (χ0v) is 10.1. The first-order valence-electron chi connectivity index (χ1n) is 4.64. The summed E-state index contributed by atoms with van der Waals surface area (Å²) in [6, 6.07) is 2.02. The molecule has 0 radical (unpaired) electrons. The normalized spacial score (nSPS) is 12.7. The van der Waals surface area contributed by atoms with Gasteiger partial charge in [-0.3, -0.25) is 4.98 Å². The lowest BCUT2D eigenvalue weighted by molar-refractivity contribution is 0.172. The molecular formula is C10H14Cl2N2O. The molecule has 0 bridgehead atoms. The number of rotatable bonds is 6. The monoisotopic (exact) mass is 248 g/mol. The van der Waals surface area contributed by atoms with Crippen molar-refractivity contribution in [2.45, 2.75) is 12.6 Å². The molecule has 1 N–H and O–H groups in total. The van der Waals surface area contributed by atoms with Crippen molar-refractivity contribution >= 4 is 23.2 Å². The lowest BCUT2D eigenvalue weighted by atomic mass is 10.2. The third-order valence-corrected chi connectivity index (χ3v) is 2.70. The molecule has 0 fully saturated rings. The smallest absolute Gasteiger partial charge is 0.0634 e. The maximum absolute atomic E-state index is 5.96. The Morgan fingerprint density at radius 1 is 1.60 bits per heavy atom. The maximum Gasteiger partial charge on any atom is 0.0634 e. The lowest BCUT2D eigenvalue weighted by Gasteiger charge is -2.15. The van der Waals surface area contributed by atoms with Gasteiger partial charge in [-0.15, -0.1) is 11.6 Å². The molecule has 0 aliphatic heterocycles. The highest BCUT2D eigenvalue weighted by molar-refractivity contribution is 6.31. The first kappa shape index (κ1) is 12.7. The van der Waals surface area contributed by atoms with Crippen molar-refractivity contribution < 1.29 is 4.74 Å². The number of methoxy groups -OCH3 is 1. The Morgan fingerprint density at radius 2 is 2.40 bits per heavy atom. The van der Waals surface area contributed by atoms with E-state index in [4.69, 9.17) is 27.9 Å². The van der Waals surface area contributed by atoms with Gasteiger partial charge in [0, 0.05) is 38.0 Å². The van der Waals surface area contributed by atoms with E-state index in [1.807, 2.05) is 6.07 Å². The van der Waals surface area contributed by atoms with Crippen LogP contribution in [0, 0.1) is 0 Å². The molecule has 5 heteroatoms. The standard InChI is InChI=1S/C10H14Cl2N2O/c1-15-7-9(4-11)14-5-8-2-3-13-6-10(8)12/h2-3,6,9,14H,4-5,7H2,1H3. The second-order valence-corrected chi connectivity index (χ2v) is 3.87. The van der Waals surface area contributed by atoms with E-state index in [-0.39, 0.29) is 6.04 Å². The number of alkyl halides is 1. The summed E-state index contributed by atoms with van der Waals surface area (Å²) in [7, 11) is 1.65. The average Bonchev–Trinajstić information content (AvgIpc) is 2.26. The van der Waals surface area contributed by atoms with Crippen LogP contribution in [0.15, 0.2) is 18.5 Å². The Bertz CT molecular complexity index is 297. The number of halogens is 2. The minimum absolute atomic E-state index is 0.140. The largest absolute Gasteiger partial charge is 0.383 e. The van der Waals surface area contributed by atoms with Crippen molar-refractivity contribution in [3.05, 3.63) is 29.0 Å². The third-order valence-electron chi connectivity index (χ3n) is 1.99. The van der Waals surface area contributed by atoms with Gasteiger partial charge in [0.1, 0.15) is 0 Å². The van der Waals surface area contributed by atoms with Crippen molar-refractivity contribution in [3.8, 4) is 0 Å². The highest BCUT2D eigenvalue weighted by Gasteiger charge is 2.07. The van der Waals surface area contributed by atoms with Crippen molar-refractivity contribution in [1.29, 1.82) is 0 Å². The van der Waals surface area contributed by atoms with Gasteiger partial charge in [0.15, 0.2) is 0 Å². The second-order valence-electron chi connectivity index (χ2n) is 3.15. The zero-order chi connectivity index (χ0) is 11.1. The summed E-state index contributed by atoms with van der Waals surface area (Å²) in [5.41, 5.74) is 1.01. The number of nitrogens with one attached hydrogen (secondary N) is 1. The fourth-order valence-electron chi connectivity index (χ4n) is 1.16. The van der Waals surface area contributed by atoms with E-state index in [2.05, 4.69) is 10.3 Å². The van der Waals surface area contributed by atoms with Gasteiger partial charge in [0.05, 0.1) is 11.6 Å². The molecule has 3 nitrogen and oxygen atoms in total. The van der Waals surface area contributed by atoms with Gasteiger partial charge < -0.3 is 10.1 Å². The van der Waals surface area contributed by atoms with Crippen LogP contribution in [0.4, 0.5) is 0 Å². The summed E-state index contributed by atoms with van der Waals surface area (Å²) >= 11 is 11.7. The van der Waals surface area contributed by atoms with Crippen molar-refractivity contribution in [2.24, 2.45) is 0 Å². The Balaban J connectivity index is 2.45. The molecule has 15 heavy (non-hydrogen) atoms. The van der Waals surface area contributed by atoms with Crippen LogP contribution in [-0.4, -0.2) is 30.6 Å². The fourth-order valence-corrected chi connectivity index (χ4v) is 1.55. The van der Waals surface area contributed by atoms with E-state index in [0.29, 0.717) is 24.1 Å². The Labute approximate surface area is 99.7 Å². The van der Waals surface area contributed by atoms with E-state index in [9.17, 15) is 0 Å². The van der Waals surface area contributed by atoms with Crippen LogP contribution in [0.2, 0.25) is 5.02 Å². The van der Waals surface area contributed by atoms with Crippen LogP contribution >= 0.6 is 23.2 Å². The zero-order valence-electron chi connectivity index (χ0n) is 8.54. The first-order chi connectivity index (χ1) is 7.27. The first-order valence-corrected chi connectivity index (χ1v) is 5.56. The third kappa shape index (κ3) is 4.34. The SMILES string of the molecule is COCC(CCl)NCc1ccncc1Cl. The summed E-state index contributed by atoms with van der Waals surface area (Å²) in [6.07, 6.45) is 3.35. The molecule has 0 saturated heterocycles. The molecular weight excluding hydrogens is 235 g/mol. The Hall–Kier alpha value is -0.350. The highest BCUT2D eigenvalue weighted by atomic mass is 35.5. The molecule has 0 aromatic carbocycles. The topological polar surface area (TPSA) is 34.1 Å². The molecule has 1 aromatic heterocycles. The highest BCUT2D eigenvalue weighted by Crippen LogP contribution is 2.12. The van der Waals surface area contributed by atoms with Gasteiger partial charge in [0.2, 0.25) is 0 Å². The second kappa shape index (κ2) is 7.01. The van der Waals surface area contributed by atoms with E-state index < -0.39 is 0 Å². The van der Waals surface area contributed by atoms with E-state index in [1.165, 1.54) is 0 Å². The predicted octanol–water partition coefficient (Wildman–Crippen LogP) is 2.08. The van der Waals surface area contributed by atoms with Crippen molar-refractivity contribution in [3.63, 3.8) is 0 Å². The lowest BCUT2D eigenvalue weighted by Crippen LogP contribution is -2.34. The number of hydrogen-bond donors (Lipinski definition) is 1. The maximum atomic E-state index is 5.96. The van der Waals surface area contributed by atoms with Crippen LogP contribution in [0.5, 0.6) is 0 Å². The molecule has 0 amide bonds. The van der Waals surface area contributed by atoms with Gasteiger partial charge in [-0.25, -0.2) is 0 Å². The number of pyridine rings is 1. The summed E-state index contributed by atoms with van der Waals surface area (Å²) in [4.78, 5) is 3.92. The Kier molecular flexibility index (Phi) is 5.95. The van der Waals surface area contributed by atoms with Crippen LogP contribution in [0.1, 0.15) is 5.56 Å². The summed E-state index contributed by atoms with van der Waals surface area (Å²) < 4.78 is 5.02. The molecule has 84 valence electrons. The molecule has 1 unspecified atom stereocenters. The quantitative estimate of drug-likeness (QED) is 0.784. The van der Waals surface area contributed by atoms with E-state index in [1.54, 1.807) is 19.5 Å². The minimum Gasteiger partial charge on any atom is -0.383 e. The van der Waals surface area contributed by atoms with Gasteiger partial charge in [-0.05, 0) is 11.6 Å². The van der Waals surface area contributed by atoms with Gasteiger partial charge in [-0.1, -0.05) is 11.6 Å². The summed E-state index contributed by atoms with van der Waals surface area (Å²) in [6.45, 7) is 1.26. The van der Waals surface area contributed by atoms with Gasteiger partial charge >= 0.3 is 0 Å². The number of hydrogen-bond acceptors (Lipinski definition) is 3. The molecule has 0 aliphatic carbocycles. The van der Waals surface area contributed by atoms with Crippen LogP contribution in [-0.2, 0) is 11.3 Å². The molecule has 1 rings (SSSR count). The molecule has 1 aromatic rings. The predicted molar refractivity (Wildman–Crippen MR) is 62.5 cm³/mol. The molecule has 1 atom stereocenters. The van der Waals surface area contributed by atoms with Crippen LogP contribution in [0.3, 0.4) is 0 Å². The average molecular weight is 249 g/mol. The Morgan fingerprint density at radius 3 is 3.00 bits per heavy atom. The molecule has 0 spiro atoms. The molecule has 0 aliphatic rings. The number of nitrogens with zero attached hydrogens (tertiary/aromatic N) is 1. The number of ether oxygens (including phenoxy) is 1. The fraction of sp³-hybridized carbons (Fsp3) is 0.500. The summed E-state index contributed by atoms with van der Waals surface area (Å²) in [5, 5.41) is 3.92. The van der Waals surface area contributed by atoms with Crippen molar-refractivity contribution in [2.75, 3.05) is 19.6 Å². The van der Waals surface area contributed by atoms with Crippen LogP contribution in [0.25, 0.3) is 0 Å². The molecule has 1 heterocycles. The summed E-state index contributed by atoms with van der Waals surface area (Å²) in [5.74, 6) is 0.510. The van der Waals surface area contributed by atoms with Crippen LogP contribution < -0.4 is 5.32 Å².